The van der Waals surface area contributed by atoms with Crippen molar-refractivity contribution >= 4 is 23.2 Å². The van der Waals surface area contributed by atoms with E-state index < -0.39 is 0 Å². The van der Waals surface area contributed by atoms with Gasteiger partial charge in [0.15, 0.2) is 0 Å². The molecular weight excluding hydrogens is 286 g/mol. The first-order valence-corrected chi connectivity index (χ1v) is 6.80. The molecule has 0 aliphatic heterocycles. The number of nitrogens with zero attached hydrogens (tertiary/aromatic N) is 2. The Kier molecular flexibility index (Phi) is 4.72. The topological polar surface area (TPSA) is 25.8 Å². The molecule has 0 spiro atoms. The molecule has 0 atom stereocenters. The maximum absolute atomic E-state index is 13.0. The number of aromatic nitrogens is 2. The SMILES string of the molecule is CCCc1cc(Cl)nc(Cc2ccc(F)cc2Cl)n1. The Morgan fingerprint density at radius 2 is 1.95 bits per heavy atom. The van der Waals surface area contributed by atoms with Crippen molar-refractivity contribution in [3.8, 4) is 0 Å². The van der Waals surface area contributed by atoms with Crippen LogP contribution in [0.3, 0.4) is 0 Å². The molecule has 1 aromatic heterocycles. The van der Waals surface area contributed by atoms with Gasteiger partial charge in [-0.05, 0) is 30.2 Å². The fourth-order valence-corrected chi connectivity index (χ4v) is 2.27. The van der Waals surface area contributed by atoms with Crippen molar-refractivity contribution in [2.75, 3.05) is 0 Å². The highest BCUT2D eigenvalue weighted by atomic mass is 35.5. The van der Waals surface area contributed by atoms with Gasteiger partial charge in [-0.25, -0.2) is 14.4 Å². The van der Waals surface area contributed by atoms with Gasteiger partial charge in [-0.1, -0.05) is 42.6 Å². The average Bonchev–Trinajstić information content (AvgIpc) is 2.32. The Bertz CT molecular complexity index is 588. The van der Waals surface area contributed by atoms with Gasteiger partial charge in [0.25, 0.3) is 0 Å². The zero-order valence-corrected chi connectivity index (χ0v) is 12.0. The highest BCUT2D eigenvalue weighted by Gasteiger charge is 2.08. The van der Waals surface area contributed by atoms with Crippen molar-refractivity contribution in [2.24, 2.45) is 0 Å². The predicted molar refractivity (Wildman–Crippen MR) is 75.3 cm³/mol. The number of halogens is 3. The Morgan fingerprint density at radius 1 is 1.16 bits per heavy atom. The molecule has 2 nitrogen and oxygen atoms in total. The van der Waals surface area contributed by atoms with Crippen molar-refractivity contribution in [1.82, 2.24) is 9.97 Å². The Hall–Kier alpha value is -1.19. The number of benzene rings is 1. The molecule has 1 heterocycles. The van der Waals surface area contributed by atoms with E-state index >= 15 is 0 Å². The molecule has 100 valence electrons. The first-order valence-electron chi connectivity index (χ1n) is 6.04. The van der Waals surface area contributed by atoms with Crippen molar-refractivity contribution in [3.05, 3.63) is 57.3 Å². The minimum Gasteiger partial charge on any atom is -0.237 e. The first kappa shape index (κ1) is 14.2. The summed E-state index contributed by atoms with van der Waals surface area (Å²) < 4.78 is 13.0. The molecule has 0 saturated carbocycles. The summed E-state index contributed by atoms with van der Waals surface area (Å²) in [6, 6.07) is 6.06. The van der Waals surface area contributed by atoms with Crippen LogP contribution in [-0.2, 0) is 12.8 Å². The first-order chi connectivity index (χ1) is 9.08. The second-order valence-corrected chi connectivity index (χ2v) is 5.06. The van der Waals surface area contributed by atoms with E-state index in [0.29, 0.717) is 22.4 Å². The van der Waals surface area contributed by atoms with Crippen LogP contribution in [0.25, 0.3) is 0 Å². The highest BCUT2D eigenvalue weighted by Crippen LogP contribution is 2.20. The lowest BCUT2D eigenvalue weighted by molar-refractivity contribution is 0.627. The molecule has 2 rings (SSSR count). The Balaban J connectivity index is 2.27. The van der Waals surface area contributed by atoms with Gasteiger partial charge in [0.2, 0.25) is 0 Å². The van der Waals surface area contributed by atoms with E-state index in [1.54, 1.807) is 12.1 Å². The Labute approximate surface area is 121 Å². The number of aryl methyl sites for hydroxylation is 1. The van der Waals surface area contributed by atoms with Gasteiger partial charge < -0.3 is 0 Å². The van der Waals surface area contributed by atoms with Crippen molar-refractivity contribution in [1.29, 1.82) is 0 Å². The largest absolute Gasteiger partial charge is 0.237 e. The van der Waals surface area contributed by atoms with E-state index in [0.717, 1.165) is 24.1 Å². The second-order valence-electron chi connectivity index (χ2n) is 4.26. The summed E-state index contributed by atoms with van der Waals surface area (Å²) in [5, 5.41) is 0.798. The number of rotatable bonds is 4. The summed E-state index contributed by atoms with van der Waals surface area (Å²) in [7, 11) is 0. The third-order valence-electron chi connectivity index (χ3n) is 2.66. The van der Waals surface area contributed by atoms with Gasteiger partial charge in [0.1, 0.15) is 16.8 Å². The molecule has 2 aromatic rings. The van der Waals surface area contributed by atoms with E-state index in [1.165, 1.54) is 12.1 Å². The van der Waals surface area contributed by atoms with E-state index in [2.05, 4.69) is 16.9 Å². The van der Waals surface area contributed by atoms with Crippen LogP contribution in [-0.4, -0.2) is 9.97 Å². The molecule has 0 unspecified atom stereocenters. The highest BCUT2D eigenvalue weighted by molar-refractivity contribution is 6.31. The molecule has 0 aliphatic rings. The summed E-state index contributed by atoms with van der Waals surface area (Å²) in [5.41, 5.74) is 1.70. The minimum absolute atomic E-state index is 0.354. The van der Waals surface area contributed by atoms with Crippen molar-refractivity contribution in [3.63, 3.8) is 0 Å². The lowest BCUT2D eigenvalue weighted by atomic mass is 10.1. The third kappa shape index (κ3) is 3.88. The van der Waals surface area contributed by atoms with Crippen LogP contribution in [0.1, 0.15) is 30.4 Å². The van der Waals surface area contributed by atoms with Crippen molar-refractivity contribution in [2.45, 2.75) is 26.2 Å². The van der Waals surface area contributed by atoms with Crippen LogP contribution in [0, 0.1) is 5.82 Å². The maximum atomic E-state index is 13.0. The van der Waals surface area contributed by atoms with Gasteiger partial charge in [-0.15, -0.1) is 0 Å². The van der Waals surface area contributed by atoms with Crippen LogP contribution in [0.5, 0.6) is 0 Å². The number of hydrogen-bond acceptors (Lipinski definition) is 2. The third-order valence-corrected chi connectivity index (χ3v) is 3.21. The molecule has 19 heavy (non-hydrogen) atoms. The molecule has 0 amide bonds. The Morgan fingerprint density at radius 3 is 2.63 bits per heavy atom. The van der Waals surface area contributed by atoms with Gasteiger partial charge in [-0.2, -0.15) is 0 Å². The smallest absolute Gasteiger partial charge is 0.134 e. The lowest BCUT2D eigenvalue weighted by Crippen LogP contribution is -2.01. The zero-order valence-electron chi connectivity index (χ0n) is 10.5. The summed E-state index contributed by atoms with van der Waals surface area (Å²) >= 11 is 12.0. The zero-order chi connectivity index (χ0) is 13.8. The molecule has 1 aromatic carbocycles. The van der Waals surface area contributed by atoms with Crippen LogP contribution >= 0.6 is 23.2 Å². The molecule has 0 saturated heterocycles. The molecule has 0 aliphatic carbocycles. The summed E-state index contributed by atoms with van der Waals surface area (Å²) in [6.45, 7) is 2.08. The molecular formula is C14H13Cl2FN2. The summed E-state index contributed by atoms with van der Waals surface area (Å²) in [4.78, 5) is 8.61. The van der Waals surface area contributed by atoms with Gasteiger partial charge in [-0.3, -0.25) is 0 Å². The normalized spacial score (nSPS) is 10.7. The predicted octanol–water partition coefficient (Wildman–Crippen LogP) is 4.47. The monoisotopic (exact) mass is 298 g/mol. The van der Waals surface area contributed by atoms with E-state index in [4.69, 9.17) is 23.2 Å². The lowest BCUT2D eigenvalue weighted by Gasteiger charge is -2.06. The van der Waals surface area contributed by atoms with Gasteiger partial charge in [0, 0.05) is 17.1 Å². The maximum Gasteiger partial charge on any atom is 0.134 e. The van der Waals surface area contributed by atoms with E-state index in [1.807, 2.05) is 0 Å². The van der Waals surface area contributed by atoms with Crippen LogP contribution in [0.15, 0.2) is 24.3 Å². The molecule has 5 heteroatoms. The molecule has 0 bridgehead atoms. The minimum atomic E-state index is -0.354. The molecule has 0 N–H and O–H groups in total. The van der Waals surface area contributed by atoms with Crippen LogP contribution < -0.4 is 0 Å². The molecule has 0 radical (unpaired) electrons. The fourth-order valence-electron chi connectivity index (χ4n) is 1.81. The van der Waals surface area contributed by atoms with E-state index in [-0.39, 0.29) is 5.82 Å². The standard InChI is InChI=1S/C14H13Cl2FN2/c1-2-3-11-8-13(16)19-14(18-11)6-9-4-5-10(17)7-12(9)15/h4-5,7-8H,2-3,6H2,1H3. The number of hydrogen-bond donors (Lipinski definition) is 0. The summed E-state index contributed by atoms with van der Waals surface area (Å²) in [5.74, 6) is 0.247. The van der Waals surface area contributed by atoms with Gasteiger partial charge >= 0.3 is 0 Å². The van der Waals surface area contributed by atoms with Crippen molar-refractivity contribution < 1.29 is 4.39 Å². The fraction of sp³-hybridized carbons (Fsp3) is 0.286. The molecule has 0 fully saturated rings. The van der Waals surface area contributed by atoms with Gasteiger partial charge in [0.05, 0.1) is 0 Å². The average molecular weight is 299 g/mol. The van der Waals surface area contributed by atoms with Crippen LogP contribution in [0.2, 0.25) is 10.2 Å². The van der Waals surface area contributed by atoms with Crippen LogP contribution in [0.4, 0.5) is 4.39 Å². The quantitative estimate of drug-likeness (QED) is 0.779. The summed E-state index contributed by atoms with van der Waals surface area (Å²) in [6.07, 6.45) is 2.28. The van der Waals surface area contributed by atoms with E-state index in [9.17, 15) is 4.39 Å². The second kappa shape index (κ2) is 6.31.